The topological polar surface area (TPSA) is 46.6 Å². The van der Waals surface area contributed by atoms with Crippen LogP contribution in [0.5, 0.6) is 0 Å². The Morgan fingerprint density at radius 3 is 1.88 bits per heavy atom. The van der Waals surface area contributed by atoms with Crippen molar-refractivity contribution < 1.29 is 14.3 Å². The number of esters is 1. The Balaban J connectivity index is 2.31. The maximum atomic E-state index is 13.3. The second-order valence-electron chi connectivity index (χ2n) is 5.91. The van der Waals surface area contributed by atoms with Crippen LogP contribution in [0.1, 0.15) is 36.8 Å². The third kappa shape index (κ3) is 5.18. The number of nitrogens with zero attached hydrogens (tertiary/aromatic N) is 1. The van der Waals surface area contributed by atoms with Crippen LogP contribution in [0.3, 0.4) is 0 Å². The Morgan fingerprint density at radius 1 is 0.920 bits per heavy atom. The second-order valence-corrected chi connectivity index (χ2v) is 5.91. The molecule has 1 amide bonds. The van der Waals surface area contributed by atoms with E-state index in [2.05, 4.69) is 0 Å². The van der Waals surface area contributed by atoms with Gasteiger partial charge in [0, 0.05) is 13.1 Å². The molecule has 0 heterocycles. The van der Waals surface area contributed by atoms with Gasteiger partial charge in [0.25, 0.3) is 0 Å². The van der Waals surface area contributed by atoms with E-state index < -0.39 is 0 Å². The average molecular weight is 339 g/mol. The van der Waals surface area contributed by atoms with Crippen LogP contribution in [0.2, 0.25) is 0 Å². The molecule has 0 spiro atoms. The first kappa shape index (κ1) is 18.7. The van der Waals surface area contributed by atoms with Crippen molar-refractivity contribution in [3.63, 3.8) is 0 Å². The smallest absolute Gasteiger partial charge is 0.307 e. The fourth-order valence-electron chi connectivity index (χ4n) is 2.88. The fraction of sp³-hybridized carbons (Fsp3) is 0.333. The lowest BCUT2D eigenvalue weighted by molar-refractivity contribution is -0.141. The highest BCUT2D eigenvalue weighted by molar-refractivity contribution is 5.87. The molecule has 0 aliphatic carbocycles. The second kappa shape index (κ2) is 9.62. The van der Waals surface area contributed by atoms with Crippen molar-refractivity contribution in [2.75, 3.05) is 20.2 Å². The summed E-state index contributed by atoms with van der Waals surface area (Å²) in [7, 11) is 1.37. The van der Waals surface area contributed by atoms with Gasteiger partial charge in [0.05, 0.1) is 19.4 Å². The molecule has 2 aromatic rings. The Bertz CT molecular complexity index is 631. The van der Waals surface area contributed by atoms with Crippen molar-refractivity contribution in [2.45, 2.75) is 25.7 Å². The van der Waals surface area contributed by atoms with E-state index in [1.165, 1.54) is 7.11 Å². The molecule has 0 atom stereocenters. The number of ether oxygens (including phenoxy) is 1. The Hall–Kier alpha value is -2.62. The van der Waals surface area contributed by atoms with Crippen LogP contribution in [0, 0.1) is 0 Å². The van der Waals surface area contributed by atoms with Crippen LogP contribution in [-0.4, -0.2) is 37.0 Å². The molecule has 0 aromatic heterocycles. The molecule has 0 aliphatic heterocycles. The van der Waals surface area contributed by atoms with Crippen LogP contribution < -0.4 is 0 Å². The average Bonchev–Trinajstić information content (AvgIpc) is 2.66. The summed E-state index contributed by atoms with van der Waals surface area (Å²) in [5.41, 5.74) is 1.91. The van der Waals surface area contributed by atoms with E-state index in [1.54, 1.807) is 4.90 Å². The molecule has 0 unspecified atom stereocenters. The molecule has 0 saturated carbocycles. The highest BCUT2D eigenvalue weighted by Crippen LogP contribution is 2.27. The van der Waals surface area contributed by atoms with Gasteiger partial charge in [-0.25, -0.2) is 0 Å². The fourth-order valence-corrected chi connectivity index (χ4v) is 2.88. The maximum absolute atomic E-state index is 13.3. The number of carbonyl (C=O) groups is 2. The molecule has 0 bridgehead atoms. The molecule has 0 N–H and O–H groups in total. The number of carbonyl (C=O) groups excluding carboxylic acids is 2. The number of benzene rings is 2. The number of methoxy groups -OCH3 is 1. The van der Waals surface area contributed by atoms with Crippen molar-refractivity contribution in [1.82, 2.24) is 4.90 Å². The monoisotopic (exact) mass is 339 g/mol. The third-order valence-corrected chi connectivity index (χ3v) is 4.13. The van der Waals surface area contributed by atoms with Crippen LogP contribution in [-0.2, 0) is 14.3 Å². The highest BCUT2D eigenvalue weighted by Gasteiger charge is 2.27. The molecule has 0 aliphatic rings. The van der Waals surface area contributed by atoms with Gasteiger partial charge in [0.1, 0.15) is 0 Å². The van der Waals surface area contributed by atoms with Gasteiger partial charge >= 0.3 is 5.97 Å². The molecule has 0 fully saturated rings. The first-order chi connectivity index (χ1) is 12.2. The molecular weight excluding hydrogens is 314 g/mol. The Kier molecular flexibility index (Phi) is 7.20. The van der Waals surface area contributed by atoms with E-state index in [1.807, 2.05) is 67.6 Å². The predicted octanol–water partition coefficient (Wildman–Crippen LogP) is 3.62. The maximum Gasteiger partial charge on any atom is 0.307 e. The van der Waals surface area contributed by atoms with Crippen molar-refractivity contribution in [1.29, 1.82) is 0 Å². The molecule has 132 valence electrons. The standard InChI is InChI=1S/C21H25NO3/c1-3-15-22(16-14-19(23)25-2)21(24)20(17-10-6-4-7-11-17)18-12-8-5-9-13-18/h4-13,20H,3,14-16H2,1-2H3. The molecule has 4 heteroatoms. The zero-order valence-electron chi connectivity index (χ0n) is 14.9. The van der Waals surface area contributed by atoms with Gasteiger partial charge in [-0.1, -0.05) is 67.6 Å². The number of amides is 1. The van der Waals surface area contributed by atoms with Gasteiger partial charge in [-0.15, -0.1) is 0 Å². The Labute approximate surface area is 149 Å². The van der Waals surface area contributed by atoms with E-state index in [4.69, 9.17) is 4.74 Å². The summed E-state index contributed by atoms with van der Waals surface area (Å²) >= 11 is 0. The summed E-state index contributed by atoms with van der Waals surface area (Å²) in [6.07, 6.45) is 1.04. The van der Waals surface area contributed by atoms with Gasteiger partial charge in [0.2, 0.25) is 5.91 Å². The first-order valence-electron chi connectivity index (χ1n) is 8.62. The molecule has 25 heavy (non-hydrogen) atoms. The zero-order chi connectivity index (χ0) is 18.1. The van der Waals surface area contributed by atoms with Gasteiger partial charge < -0.3 is 9.64 Å². The van der Waals surface area contributed by atoms with Gasteiger partial charge in [-0.05, 0) is 17.5 Å². The van der Waals surface area contributed by atoms with Crippen LogP contribution in [0.15, 0.2) is 60.7 Å². The minimum atomic E-state index is -0.369. The molecule has 0 saturated heterocycles. The van der Waals surface area contributed by atoms with E-state index in [9.17, 15) is 9.59 Å². The summed E-state index contributed by atoms with van der Waals surface area (Å²) < 4.78 is 4.71. The van der Waals surface area contributed by atoms with E-state index >= 15 is 0 Å². The zero-order valence-corrected chi connectivity index (χ0v) is 14.9. The first-order valence-corrected chi connectivity index (χ1v) is 8.62. The van der Waals surface area contributed by atoms with Crippen LogP contribution >= 0.6 is 0 Å². The van der Waals surface area contributed by atoms with E-state index in [-0.39, 0.29) is 24.2 Å². The molecular formula is C21H25NO3. The van der Waals surface area contributed by atoms with Crippen molar-refractivity contribution in [2.24, 2.45) is 0 Å². The normalized spacial score (nSPS) is 10.5. The van der Waals surface area contributed by atoms with E-state index in [0.717, 1.165) is 17.5 Å². The van der Waals surface area contributed by atoms with Crippen molar-refractivity contribution in [3.8, 4) is 0 Å². The summed E-state index contributed by atoms with van der Waals surface area (Å²) in [5, 5.41) is 0. The summed E-state index contributed by atoms with van der Waals surface area (Å²) in [5.74, 6) is -0.653. The third-order valence-electron chi connectivity index (χ3n) is 4.13. The molecule has 2 aromatic carbocycles. The summed E-state index contributed by atoms with van der Waals surface area (Å²) in [6.45, 7) is 3.01. The lowest BCUT2D eigenvalue weighted by Gasteiger charge is -2.27. The van der Waals surface area contributed by atoms with Gasteiger partial charge in [-0.3, -0.25) is 9.59 Å². The minimum Gasteiger partial charge on any atom is -0.469 e. The SMILES string of the molecule is CCCN(CCC(=O)OC)C(=O)C(c1ccccc1)c1ccccc1. The minimum absolute atomic E-state index is 0.0168. The highest BCUT2D eigenvalue weighted by atomic mass is 16.5. The summed E-state index contributed by atoms with van der Waals surface area (Å²) in [4.78, 5) is 26.6. The molecule has 0 radical (unpaired) electrons. The lowest BCUT2D eigenvalue weighted by atomic mass is 9.90. The molecule has 4 nitrogen and oxygen atoms in total. The van der Waals surface area contributed by atoms with Crippen molar-refractivity contribution >= 4 is 11.9 Å². The predicted molar refractivity (Wildman–Crippen MR) is 98.2 cm³/mol. The van der Waals surface area contributed by atoms with Gasteiger partial charge in [-0.2, -0.15) is 0 Å². The largest absolute Gasteiger partial charge is 0.469 e. The van der Waals surface area contributed by atoms with Crippen LogP contribution in [0.25, 0.3) is 0 Å². The number of hydrogen-bond acceptors (Lipinski definition) is 3. The Morgan fingerprint density at radius 2 is 1.44 bits per heavy atom. The van der Waals surface area contributed by atoms with Crippen molar-refractivity contribution in [3.05, 3.63) is 71.8 Å². The van der Waals surface area contributed by atoms with Gasteiger partial charge in [0.15, 0.2) is 0 Å². The summed E-state index contributed by atoms with van der Waals surface area (Å²) in [6, 6.07) is 19.5. The van der Waals surface area contributed by atoms with Crippen LogP contribution in [0.4, 0.5) is 0 Å². The van der Waals surface area contributed by atoms with E-state index in [0.29, 0.717) is 13.1 Å². The molecule has 2 rings (SSSR count). The lowest BCUT2D eigenvalue weighted by Crippen LogP contribution is -2.37. The quantitative estimate of drug-likeness (QED) is 0.690. The number of hydrogen-bond donors (Lipinski definition) is 0. The number of rotatable bonds is 8.